The van der Waals surface area contributed by atoms with Gasteiger partial charge in [0.05, 0.1) is 10.6 Å². The van der Waals surface area contributed by atoms with Gasteiger partial charge in [-0.25, -0.2) is 8.42 Å². The predicted molar refractivity (Wildman–Crippen MR) is 186 cm³/mol. The third-order valence-corrected chi connectivity index (χ3v) is 10.1. The molecule has 0 aliphatic heterocycles. The molecule has 0 unspecified atom stereocenters. The number of benzene rings is 4. The number of anilines is 1. The van der Waals surface area contributed by atoms with Gasteiger partial charge in [-0.15, -0.1) is 0 Å². The quantitative estimate of drug-likeness (QED) is 0.153. The fourth-order valence-electron chi connectivity index (χ4n) is 4.98. The Bertz CT molecular complexity index is 1700. The monoisotopic (exact) mass is 679 g/mol. The van der Waals surface area contributed by atoms with Crippen molar-refractivity contribution in [3.8, 4) is 0 Å². The van der Waals surface area contributed by atoms with Crippen LogP contribution in [0.25, 0.3) is 0 Å². The molecule has 0 aliphatic carbocycles. The second-order valence-corrected chi connectivity index (χ2v) is 14.1. The Kier molecular flexibility index (Phi) is 12.3. The van der Waals surface area contributed by atoms with E-state index in [0.29, 0.717) is 27.8 Å². The molecule has 4 aromatic carbocycles. The van der Waals surface area contributed by atoms with E-state index in [-0.39, 0.29) is 29.7 Å². The highest BCUT2D eigenvalue weighted by Crippen LogP contribution is 2.29. The second kappa shape index (κ2) is 16.1. The van der Waals surface area contributed by atoms with Gasteiger partial charge in [0.15, 0.2) is 0 Å². The molecule has 242 valence electrons. The molecule has 0 radical (unpaired) electrons. The van der Waals surface area contributed by atoms with Crippen molar-refractivity contribution in [2.24, 2.45) is 5.92 Å². The highest BCUT2D eigenvalue weighted by molar-refractivity contribution is 7.92. The molecule has 0 bridgehead atoms. The van der Waals surface area contributed by atoms with Gasteiger partial charge in [0.25, 0.3) is 10.0 Å². The van der Waals surface area contributed by atoms with E-state index in [1.54, 1.807) is 48.5 Å². The maximum absolute atomic E-state index is 14.6. The van der Waals surface area contributed by atoms with Crippen molar-refractivity contribution >= 4 is 50.7 Å². The number of amides is 2. The van der Waals surface area contributed by atoms with Crippen LogP contribution in [0.1, 0.15) is 37.5 Å². The van der Waals surface area contributed by atoms with Crippen LogP contribution < -0.4 is 9.62 Å². The average molecular weight is 681 g/mol. The van der Waals surface area contributed by atoms with E-state index in [1.807, 2.05) is 63.2 Å². The van der Waals surface area contributed by atoms with Crippen molar-refractivity contribution < 1.29 is 18.0 Å². The summed E-state index contributed by atoms with van der Waals surface area (Å²) in [5.74, 6) is -0.782. The first-order valence-electron chi connectivity index (χ1n) is 15.2. The van der Waals surface area contributed by atoms with Crippen molar-refractivity contribution in [2.45, 2.75) is 51.1 Å². The van der Waals surface area contributed by atoms with E-state index < -0.39 is 28.5 Å². The summed E-state index contributed by atoms with van der Waals surface area (Å²) in [4.78, 5) is 29.9. The van der Waals surface area contributed by atoms with Crippen LogP contribution >= 0.6 is 23.2 Å². The lowest BCUT2D eigenvalue weighted by Gasteiger charge is -2.34. The Morgan fingerprint density at radius 2 is 1.37 bits per heavy atom. The number of carbonyl (C=O) groups excluding carboxylic acids is 2. The van der Waals surface area contributed by atoms with Crippen LogP contribution in [-0.4, -0.2) is 44.3 Å². The Hall–Kier alpha value is -3.85. The van der Waals surface area contributed by atoms with Crippen LogP contribution in [0.5, 0.6) is 0 Å². The number of carbonyl (C=O) groups is 2. The molecule has 1 N–H and O–H groups in total. The predicted octanol–water partition coefficient (Wildman–Crippen LogP) is 7.16. The fourth-order valence-corrected chi connectivity index (χ4v) is 6.93. The number of hydrogen-bond donors (Lipinski definition) is 1. The van der Waals surface area contributed by atoms with Crippen LogP contribution in [0, 0.1) is 5.92 Å². The summed E-state index contributed by atoms with van der Waals surface area (Å²) >= 11 is 13.2. The Morgan fingerprint density at radius 1 is 0.783 bits per heavy atom. The van der Waals surface area contributed by atoms with Gasteiger partial charge in [-0.3, -0.25) is 13.9 Å². The molecule has 0 spiro atoms. The van der Waals surface area contributed by atoms with E-state index in [9.17, 15) is 18.0 Å². The summed E-state index contributed by atoms with van der Waals surface area (Å²) in [6.45, 7) is 5.69. The van der Waals surface area contributed by atoms with Crippen molar-refractivity contribution in [1.29, 1.82) is 0 Å². The standard InChI is InChI=1S/C36H39Cl2N3O4S/c1-4-27-18-20-29(21-19-27)41(46(44,45)30-14-9-6-10-15-30)25-35(42)40(24-31-32(37)16-11-17-33(31)38)34(36(43)39-23-26(2)3)22-28-12-7-5-8-13-28/h5-21,26,34H,4,22-25H2,1-3H3,(H,39,43)/t34-/m0/s1. The Labute approximate surface area is 282 Å². The molecule has 1 atom stereocenters. The van der Waals surface area contributed by atoms with Crippen molar-refractivity contribution in [1.82, 2.24) is 10.2 Å². The van der Waals surface area contributed by atoms with Gasteiger partial charge >= 0.3 is 0 Å². The van der Waals surface area contributed by atoms with Crippen molar-refractivity contribution in [3.05, 3.63) is 130 Å². The zero-order valence-electron chi connectivity index (χ0n) is 26.2. The first-order valence-corrected chi connectivity index (χ1v) is 17.4. The minimum absolute atomic E-state index is 0.0404. The van der Waals surface area contributed by atoms with E-state index in [2.05, 4.69) is 5.32 Å². The number of hydrogen-bond acceptors (Lipinski definition) is 4. The van der Waals surface area contributed by atoms with E-state index in [1.165, 1.54) is 17.0 Å². The Balaban J connectivity index is 1.82. The summed E-state index contributed by atoms with van der Waals surface area (Å²) < 4.78 is 29.3. The molecule has 0 saturated carbocycles. The maximum Gasteiger partial charge on any atom is 0.264 e. The lowest BCUT2D eigenvalue weighted by molar-refractivity contribution is -0.140. The third-order valence-electron chi connectivity index (χ3n) is 7.59. The summed E-state index contributed by atoms with van der Waals surface area (Å²) in [6.07, 6.45) is 0.957. The third kappa shape index (κ3) is 8.90. The van der Waals surface area contributed by atoms with Crippen molar-refractivity contribution in [3.63, 3.8) is 0 Å². The van der Waals surface area contributed by atoms with Crippen LogP contribution in [0.15, 0.2) is 108 Å². The molecule has 0 aliphatic rings. The Morgan fingerprint density at radius 3 is 1.93 bits per heavy atom. The van der Waals surface area contributed by atoms with Crippen LogP contribution in [0.3, 0.4) is 0 Å². The first kappa shape index (κ1) is 35.0. The van der Waals surface area contributed by atoms with Gasteiger partial charge in [0.1, 0.15) is 12.6 Å². The van der Waals surface area contributed by atoms with Gasteiger partial charge in [-0.2, -0.15) is 0 Å². The number of sulfonamides is 1. The number of halogens is 2. The number of aryl methyl sites for hydroxylation is 1. The first-order chi connectivity index (χ1) is 22.0. The lowest BCUT2D eigenvalue weighted by atomic mass is 10.0. The highest BCUT2D eigenvalue weighted by Gasteiger charge is 2.35. The smallest absolute Gasteiger partial charge is 0.264 e. The summed E-state index contributed by atoms with van der Waals surface area (Å²) in [5, 5.41) is 3.63. The van der Waals surface area contributed by atoms with Gasteiger partial charge in [-0.1, -0.05) is 111 Å². The normalized spacial score (nSPS) is 12.0. The second-order valence-electron chi connectivity index (χ2n) is 11.4. The molecule has 10 heteroatoms. The molecular weight excluding hydrogens is 641 g/mol. The van der Waals surface area contributed by atoms with Crippen LogP contribution in [0.4, 0.5) is 5.69 Å². The fraction of sp³-hybridized carbons (Fsp3) is 0.278. The lowest BCUT2D eigenvalue weighted by Crippen LogP contribution is -2.53. The van der Waals surface area contributed by atoms with Gasteiger partial charge < -0.3 is 10.2 Å². The molecule has 0 heterocycles. The zero-order chi connectivity index (χ0) is 33.3. The van der Waals surface area contributed by atoms with Gasteiger partial charge in [0, 0.05) is 35.1 Å². The molecular formula is C36H39Cl2N3O4S. The van der Waals surface area contributed by atoms with Crippen LogP contribution in [0.2, 0.25) is 10.0 Å². The molecule has 2 amide bonds. The molecule has 0 fully saturated rings. The molecule has 0 aromatic heterocycles. The number of nitrogens with one attached hydrogen (secondary N) is 1. The molecule has 0 saturated heterocycles. The molecule has 46 heavy (non-hydrogen) atoms. The number of rotatable bonds is 14. The number of nitrogens with zero attached hydrogens (tertiary/aromatic N) is 2. The summed E-state index contributed by atoms with van der Waals surface area (Å²) in [6, 6.07) is 28.4. The zero-order valence-corrected chi connectivity index (χ0v) is 28.5. The van der Waals surface area contributed by atoms with Gasteiger partial charge in [0.2, 0.25) is 11.8 Å². The molecule has 4 rings (SSSR count). The van der Waals surface area contributed by atoms with E-state index in [4.69, 9.17) is 23.2 Å². The summed E-state index contributed by atoms with van der Waals surface area (Å²) in [5.41, 5.74) is 2.64. The largest absolute Gasteiger partial charge is 0.354 e. The highest BCUT2D eigenvalue weighted by atomic mass is 35.5. The SMILES string of the molecule is CCc1ccc(N(CC(=O)N(Cc2c(Cl)cccc2Cl)[C@@H](Cc2ccccc2)C(=O)NCC(C)C)S(=O)(=O)c2ccccc2)cc1. The molecule has 7 nitrogen and oxygen atoms in total. The maximum atomic E-state index is 14.6. The minimum atomic E-state index is -4.18. The average Bonchev–Trinajstić information content (AvgIpc) is 3.06. The van der Waals surface area contributed by atoms with E-state index in [0.717, 1.165) is 21.9 Å². The van der Waals surface area contributed by atoms with Crippen molar-refractivity contribution in [2.75, 3.05) is 17.4 Å². The summed E-state index contributed by atoms with van der Waals surface area (Å²) in [7, 11) is -4.18. The topological polar surface area (TPSA) is 86.8 Å². The minimum Gasteiger partial charge on any atom is -0.354 e. The molecule has 4 aromatic rings. The van der Waals surface area contributed by atoms with E-state index >= 15 is 0 Å². The van der Waals surface area contributed by atoms with Gasteiger partial charge in [-0.05, 0) is 59.9 Å². The van der Waals surface area contributed by atoms with Crippen LogP contribution in [-0.2, 0) is 39.0 Å².